The fourth-order valence-electron chi connectivity index (χ4n) is 2.50. The standard InChI is InChI=1S/C15H20N2O3/c1-11-4-6-13(7-5-11)16-15(20)17-8-2-3-12(10-17)9-14(18)19/h4-7,12H,2-3,8-10H2,1H3,(H,16,20)(H,18,19). The highest BCUT2D eigenvalue weighted by Gasteiger charge is 2.25. The maximum absolute atomic E-state index is 12.2. The van der Waals surface area contributed by atoms with Gasteiger partial charge in [0.05, 0.1) is 0 Å². The number of nitrogens with one attached hydrogen (secondary N) is 1. The van der Waals surface area contributed by atoms with Crippen LogP contribution in [0.1, 0.15) is 24.8 Å². The second-order valence-corrected chi connectivity index (χ2v) is 5.35. The van der Waals surface area contributed by atoms with Gasteiger partial charge in [-0.15, -0.1) is 0 Å². The summed E-state index contributed by atoms with van der Waals surface area (Å²) in [7, 11) is 0. The first-order valence-corrected chi connectivity index (χ1v) is 6.89. The van der Waals surface area contributed by atoms with E-state index < -0.39 is 5.97 Å². The smallest absolute Gasteiger partial charge is 0.321 e. The molecule has 0 bridgehead atoms. The van der Waals surface area contributed by atoms with Crippen LogP contribution in [0, 0.1) is 12.8 Å². The fourth-order valence-corrected chi connectivity index (χ4v) is 2.50. The highest BCUT2D eigenvalue weighted by molar-refractivity contribution is 5.89. The molecule has 1 unspecified atom stereocenters. The largest absolute Gasteiger partial charge is 0.481 e. The quantitative estimate of drug-likeness (QED) is 0.891. The number of piperidine rings is 1. The third-order valence-corrected chi connectivity index (χ3v) is 3.57. The van der Waals surface area contributed by atoms with E-state index in [1.54, 1.807) is 4.90 Å². The van der Waals surface area contributed by atoms with E-state index in [9.17, 15) is 9.59 Å². The maximum atomic E-state index is 12.2. The Hall–Kier alpha value is -2.04. The molecule has 1 aliphatic heterocycles. The van der Waals surface area contributed by atoms with Crippen LogP contribution in [0.25, 0.3) is 0 Å². The van der Waals surface area contributed by atoms with Crippen LogP contribution in [0.15, 0.2) is 24.3 Å². The molecule has 0 aromatic heterocycles. The van der Waals surface area contributed by atoms with Crippen LogP contribution in [0.5, 0.6) is 0 Å². The molecule has 2 amide bonds. The zero-order chi connectivity index (χ0) is 14.5. The number of carbonyl (C=O) groups is 2. The van der Waals surface area contributed by atoms with E-state index in [2.05, 4.69) is 5.32 Å². The normalized spacial score (nSPS) is 18.6. The number of carboxylic acids is 1. The minimum atomic E-state index is -0.796. The number of rotatable bonds is 3. The molecule has 108 valence electrons. The van der Waals surface area contributed by atoms with Gasteiger partial charge in [0.25, 0.3) is 0 Å². The monoisotopic (exact) mass is 276 g/mol. The molecular weight excluding hydrogens is 256 g/mol. The van der Waals surface area contributed by atoms with Crippen molar-refractivity contribution in [3.8, 4) is 0 Å². The molecule has 0 aliphatic carbocycles. The number of aryl methyl sites for hydroxylation is 1. The zero-order valence-electron chi connectivity index (χ0n) is 11.6. The van der Waals surface area contributed by atoms with E-state index in [1.165, 1.54) is 0 Å². The first-order valence-electron chi connectivity index (χ1n) is 6.89. The summed E-state index contributed by atoms with van der Waals surface area (Å²) in [4.78, 5) is 24.6. The average Bonchev–Trinajstić information content (AvgIpc) is 2.41. The SMILES string of the molecule is Cc1ccc(NC(=O)N2CCCC(CC(=O)O)C2)cc1. The topological polar surface area (TPSA) is 69.6 Å². The van der Waals surface area contributed by atoms with Gasteiger partial charge in [0.15, 0.2) is 0 Å². The Morgan fingerprint density at radius 1 is 1.35 bits per heavy atom. The number of carbonyl (C=O) groups excluding carboxylic acids is 1. The van der Waals surface area contributed by atoms with Crippen molar-refractivity contribution >= 4 is 17.7 Å². The molecule has 1 aliphatic rings. The van der Waals surface area contributed by atoms with Crippen molar-refractivity contribution < 1.29 is 14.7 Å². The Labute approximate surface area is 118 Å². The van der Waals surface area contributed by atoms with Gasteiger partial charge < -0.3 is 15.3 Å². The zero-order valence-corrected chi connectivity index (χ0v) is 11.6. The molecule has 1 heterocycles. The number of hydrogen-bond donors (Lipinski definition) is 2. The van der Waals surface area contributed by atoms with Crippen LogP contribution in [0.2, 0.25) is 0 Å². The van der Waals surface area contributed by atoms with E-state index in [1.807, 2.05) is 31.2 Å². The van der Waals surface area contributed by atoms with E-state index >= 15 is 0 Å². The summed E-state index contributed by atoms with van der Waals surface area (Å²) in [6.07, 6.45) is 1.87. The van der Waals surface area contributed by atoms with Crippen molar-refractivity contribution in [2.75, 3.05) is 18.4 Å². The number of benzene rings is 1. The Balaban J connectivity index is 1.91. The van der Waals surface area contributed by atoms with E-state index in [0.29, 0.717) is 13.1 Å². The molecule has 20 heavy (non-hydrogen) atoms. The van der Waals surface area contributed by atoms with Crippen molar-refractivity contribution in [2.24, 2.45) is 5.92 Å². The van der Waals surface area contributed by atoms with Crippen LogP contribution < -0.4 is 5.32 Å². The minimum Gasteiger partial charge on any atom is -0.481 e. The Kier molecular flexibility index (Phi) is 4.61. The lowest BCUT2D eigenvalue weighted by Gasteiger charge is -2.32. The van der Waals surface area contributed by atoms with Gasteiger partial charge in [-0.2, -0.15) is 0 Å². The van der Waals surface area contributed by atoms with Crippen LogP contribution in [-0.4, -0.2) is 35.1 Å². The third kappa shape index (κ3) is 3.98. The third-order valence-electron chi connectivity index (χ3n) is 3.57. The number of urea groups is 1. The van der Waals surface area contributed by atoms with Crippen LogP contribution in [-0.2, 0) is 4.79 Å². The number of likely N-dealkylation sites (tertiary alicyclic amines) is 1. The predicted octanol–water partition coefficient (Wildman–Crippen LogP) is 2.71. The van der Waals surface area contributed by atoms with Crippen molar-refractivity contribution in [1.29, 1.82) is 0 Å². The molecular formula is C15H20N2O3. The Morgan fingerprint density at radius 2 is 2.05 bits per heavy atom. The molecule has 1 aromatic carbocycles. The summed E-state index contributed by atoms with van der Waals surface area (Å²) in [5, 5.41) is 11.7. The summed E-state index contributed by atoms with van der Waals surface area (Å²) in [5.41, 5.74) is 1.91. The van der Waals surface area contributed by atoms with Gasteiger partial charge in [0.2, 0.25) is 0 Å². The summed E-state index contributed by atoms with van der Waals surface area (Å²) >= 11 is 0. The molecule has 2 N–H and O–H groups in total. The van der Waals surface area contributed by atoms with Gasteiger partial charge in [0.1, 0.15) is 0 Å². The molecule has 0 radical (unpaired) electrons. The molecule has 5 heteroatoms. The molecule has 2 rings (SSSR count). The second-order valence-electron chi connectivity index (χ2n) is 5.35. The van der Waals surface area contributed by atoms with Gasteiger partial charge in [-0.05, 0) is 37.8 Å². The highest BCUT2D eigenvalue weighted by atomic mass is 16.4. The first kappa shape index (κ1) is 14.4. The van der Waals surface area contributed by atoms with Crippen LogP contribution in [0.3, 0.4) is 0 Å². The van der Waals surface area contributed by atoms with Gasteiger partial charge in [-0.3, -0.25) is 4.79 Å². The summed E-state index contributed by atoms with van der Waals surface area (Å²) in [6, 6.07) is 7.47. The summed E-state index contributed by atoms with van der Waals surface area (Å²) < 4.78 is 0. The number of amides is 2. The fraction of sp³-hybridized carbons (Fsp3) is 0.467. The van der Waals surface area contributed by atoms with E-state index in [4.69, 9.17) is 5.11 Å². The lowest BCUT2D eigenvalue weighted by atomic mass is 9.95. The molecule has 5 nitrogen and oxygen atoms in total. The van der Waals surface area contributed by atoms with Crippen molar-refractivity contribution in [3.63, 3.8) is 0 Å². The van der Waals surface area contributed by atoms with E-state index in [-0.39, 0.29) is 18.4 Å². The first-order chi connectivity index (χ1) is 9.54. The molecule has 1 aromatic rings. The van der Waals surface area contributed by atoms with Gasteiger partial charge in [-0.1, -0.05) is 17.7 Å². The maximum Gasteiger partial charge on any atom is 0.321 e. The second kappa shape index (κ2) is 6.41. The lowest BCUT2D eigenvalue weighted by molar-refractivity contribution is -0.138. The van der Waals surface area contributed by atoms with Crippen molar-refractivity contribution in [1.82, 2.24) is 4.90 Å². The van der Waals surface area contributed by atoms with E-state index in [0.717, 1.165) is 24.1 Å². The predicted molar refractivity (Wildman–Crippen MR) is 76.7 cm³/mol. The van der Waals surface area contributed by atoms with Crippen LogP contribution >= 0.6 is 0 Å². The van der Waals surface area contributed by atoms with Gasteiger partial charge in [0, 0.05) is 25.2 Å². The number of aliphatic carboxylic acids is 1. The number of carboxylic acid groups (broad SMARTS) is 1. The molecule has 1 saturated heterocycles. The van der Waals surface area contributed by atoms with Gasteiger partial charge >= 0.3 is 12.0 Å². The minimum absolute atomic E-state index is 0.0602. The molecule has 0 spiro atoms. The average molecular weight is 276 g/mol. The van der Waals surface area contributed by atoms with Crippen LogP contribution in [0.4, 0.5) is 10.5 Å². The highest BCUT2D eigenvalue weighted by Crippen LogP contribution is 2.20. The lowest BCUT2D eigenvalue weighted by Crippen LogP contribution is -2.42. The molecule has 1 fully saturated rings. The molecule has 0 saturated carbocycles. The Morgan fingerprint density at radius 3 is 2.70 bits per heavy atom. The summed E-state index contributed by atoms with van der Waals surface area (Å²) in [6.45, 7) is 3.20. The summed E-state index contributed by atoms with van der Waals surface area (Å²) in [5.74, 6) is -0.735. The number of anilines is 1. The molecule has 1 atom stereocenters. The Bertz CT molecular complexity index is 484. The number of nitrogens with zero attached hydrogens (tertiary/aromatic N) is 1. The number of hydrogen-bond acceptors (Lipinski definition) is 2. The van der Waals surface area contributed by atoms with Crippen molar-refractivity contribution in [2.45, 2.75) is 26.2 Å². The van der Waals surface area contributed by atoms with Crippen molar-refractivity contribution in [3.05, 3.63) is 29.8 Å². The van der Waals surface area contributed by atoms with Gasteiger partial charge in [-0.25, -0.2) is 4.79 Å².